The minimum atomic E-state index is -0.342. The average molecular weight is 274 g/mol. The van der Waals surface area contributed by atoms with Crippen molar-refractivity contribution in [3.63, 3.8) is 0 Å². The third kappa shape index (κ3) is 3.29. The number of benzene rings is 2. The number of rotatable bonds is 5. The Morgan fingerprint density at radius 1 is 1.10 bits per heavy atom. The Labute approximate surface area is 119 Å². The van der Waals surface area contributed by atoms with Crippen LogP contribution in [-0.2, 0) is 0 Å². The molecule has 1 unspecified atom stereocenters. The number of ether oxygens (including phenoxy) is 2. The maximum atomic E-state index is 14.1. The van der Waals surface area contributed by atoms with E-state index in [-0.39, 0.29) is 11.6 Å². The lowest BCUT2D eigenvalue weighted by Gasteiger charge is -2.12. The van der Waals surface area contributed by atoms with Gasteiger partial charge >= 0.3 is 0 Å². The SMILES string of the molecule is CCC(C)c1ccc(Oc2cccc(OC)c2)c(F)c1. The van der Waals surface area contributed by atoms with E-state index in [1.54, 1.807) is 37.4 Å². The van der Waals surface area contributed by atoms with E-state index in [1.807, 2.05) is 12.1 Å². The van der Waals surface area contributed by atoms with Gasteiger partial charge in [0.2, 0.25) is 0 Å². The van der Waals surface area contributed by atoms with Crippen molar-refractivity contribution in [2.75, 3.05) is 7.11 Å². The summed E-state index contributed by atoms with van der Waals surface area (Å²) in [5.41, 5.74) is 0.989. The van der Waals surface area contributed by atoms with Gasteiger partial charge < -0.3 is 9.47 Å². The van der Waals surface area contributed by atoms with E-state index in [0.717, 1.165) is 12.0 Å². The minimum absolute atomic E-state index is 0.227. The van der Waals surface area contributed by atoms with E-state index in [1.165, 1.54) is 0 Å². The third-order valence-corrected chi connectivity index (χ3v) is 3.41. The Balaban J connectivity index is 2.21. The lowest BCUT2D eigenvalue weighted by atomic mass is 9.98. The van der Waals surface area contributed by atoms with Crippen molar-refractivity contribution >= 4 is 0 Å². The van der Waals surface area contributed by atoms with Gasteiger partial charge in [0.1, 0.15) is 11.5 Å². The fourth-order valence-corrected chi connectivity index (χ4v) is 1.93. The zero-order valence-electron chi connectivity index (χ0n) is 12.0. The van der Waals surface area contributed by atoms with Crippen molar-refractivity contribution in [1.29, 1.82) is 0 Å². The molecule has 20 heavy (non-hydrogen) atoms. The zero-order chi connectivity index (χ0) is 14.5. The van der Waals surface area contributed by atoms with E-state index in [2.05, 4.69) is 13.8 Å². The molecule has 0 N–H and O–H groups in total. The van der Waals surface area contributed by atoms with Crippen LogP contribution in [0.5, 0.6) is 17.2 Å². The molecule has 2 rings (SSSR count). The molecule has 0 saturated heterocycles. The van der Waals surface area contributed by atoms with Crippen LogP contribution in [0.25, 0.3) is 0 Å². The molecule has 2 aromatic rings. The maximum absolute atomic E-state index is 14.1. The second-order valence-electron chi connectivity index (χ2n) is 4.78. The summed E-state index contributed by atoms with van der Waals surface area (Å²) in [4.78, 5) is 0. The fourth-order valence-electron chi connectivity index (χ4n) is 1.93. The van der Waals surface area contributed by atoms with Crippen molar-refractivity contribution in [2.45, 2.75) is 26.2 Å². The molecule has 2 nitrogen and oxygen atoms in total. The lowest BCUT2D eigenvalue weighted by molar-refractivity contribution is 0.405. The molecular formula is C17H19FO2. The van der Waals surface area contributed by atoms with Crippen LogP contribution < -0.4 is 9.47 Å². The standard InChI is InChI=1S/C17H19FO2/c1-4-12(2)13-8-9-17(16(18)10-13)20-15-7-5-6-14(11-15)19-3/h5-12H,4H2,1-3H3. The Bertz CT molecular complexity index is 581. The van der Waals surface area contributed by atoms with Crippen molar-refractivity contribution in [3.05, 3.63) is 53.8 Å². The molecule has 0 aliphatic rings. The van der Waals surface area contributed by atoms with Crippen LogP contribution in [0.2, 0.25) is 0 Å². The summed E-state index contributed by atoms with van der Waals surface area (Å²) in [5, 5.41) is 0. The van der Waals surface area contributed by atoms with Crippen molar-refractivity contribution < 1.29 is 13.9 Å². The Morgan fingerprint density at radius 3 is 2.50 bits per heavy atom. The predicted molar refractivity (Wildman–Crippen MR) is 78.2 cm³/mol. The van der Waals surface area contributed by atoms with Gasteiger partial charge in [0.05, 0.1) is 7.11 Å². The monoisotopic (exact) mass is 274 g/mol. The number of hydrogen-bond acceptors (Lipinski definition) is 2. The van der Waals surface area contributed by atoms with Gasteiger partial charge in [0.15, 0.2) is 11.6 Å². The smallest absolute Gasteiger partial charge is 0.166 e. The molecule has 0 saturated carbocycles. The number of halogens is 1. The summed E-state index contributed by atoms with van der Waals surface area (Å²) in [7, 11) is 1.58. The van der Waals surface area contributed by atoms with Crippen molar-refractivity contribution in [3.8, 4) is 17.2 Å². The molecule has 3 heteroatoms. The maximum Gasteiger partial charge on any atom is 0.166 e. The van der Waals surface area contributed by atoms with Gasteiger partial charge in [-0.15, -0.1) is 0 Å². The molecule has 0 aliphatic carbocycles. The van der Waals surface area contributed by atoms with Crippen LogP contribution in [0.1, 0.15) is 31.7 Å². The minimum Gasteiger partial charge on any atom is -0.497 e. The van der Waals surface area contributed by atoms with Gasteiger partial charge in [-0.1, -0.05) is 26.0 Å². The van der Waals surface area contributed by atoms with Crippen LogP contribution in [-0.4, -0.2) is 7.11 Å². The van der Waals surface area contributed by atoms with Crippen molar-refractivity contribution in [2.24, 2.45) is 0 Å². The van der Waals surface area contributed by atoms with E-state index >= 15 is 0 Å². The highest BCUT2D eigenvalue weighted by Crippen LogP contribution is 2.29. The Kier molecular flexibility index (Phi) is 4.61. The summed E-state index contributed by atoms with van der Waals surface area (Å²) in [6, 6.07) is 12.2. The molecule has 0 amide bonds. The largest absolute Gasteiger partial charge is 0.497 e. The quantitative estimate of drug-likeness (QED) is 0.751. The topological polar surface area (TPSA) is 18.5 Å². The van der Waals surface area contributed by atoms with E-state index in [9.17, 15) is 4.39 Å². The van der Waals surface area contributed by atoms with Gasteiger partial charge in [0, 0.05) is 6.07 Å². The predicted octanol–water partition coefficient (Wildman–Crippen LogP) is 5.14. The molecule has 0 heterocycles. The normalized spacial score (nSPS) is 12.0. The Morgan fingerprint density at radius 2 is 1.85 bits per heavy atom. The fraction of sp³-hybridized carbons (Fsp3) is 0.294. The first-order valence-corrected chi connectivity index (χ1v) is 6.75. The summed E-state index contributed by atoms with van der Waals surface area (Å²) in [6.45, 7) is 4.17. The second-order valence-corrected chi connectivity index (χ2v) is 4.78. The molecule has 0 aromatic heterocycles. The van der Waals surface area contributed by atoms with Gasteiger partial charge in [-0.05, 0) is 42.2 Å². The highest BCUT2D eigenvalue weighted by Gasteiger charge is 2.10. The summed E-state index contributed by atoms with van der Waals surface area (Å²) in [6.07, 6.45) is 0.982. The van der Waals surface area contributed by atoms with Crippen LogP contribution in [0, 0.1) is 5.82 Å². The molecular weight excluding hydrogens is 255 g/mol. The molecule has 0 radical (unpaired) electrons. The van der Waals surface area contributed by atoms with Crippen LogP contribution in [0.15, 0.2) is 42.5 Å². The van der Waals surface area contributed by atoms with E-state index in [0.29, 0.717) is 17.4 Å². The molecule has 2 aromatic carbocycles. The van der Waals surface area contributed by atoms with Crippen LogP contribution >= 0.6 is 0 Å². The summed E-state index contributed by atoms with van der Waals surface area (Å²) in [5.74, 6) is 1.46. The molecule has 0 fully saturated rings. The first kappa shape index (κ1) is 14.4. The molecule has 0 spiro atoms. The average Bonchev–Trinajstić information content (AvgIpc) is 2.48. The zero-order valence-corrected chi connectivity index (χ0v) is 12.0. The first-order chi connectivity index (χ1) is 9.63. The van der Waals surface area contributed by atoms with Gasteiger partial charge in [-0.3, -0.25) is 0 Å². The van der Waals surface area contributed by atoms with Crippen LogP contribution in [0.3, 0.4) is 0 Å². The third-order valence-electron chi connectivity index (χ3n) is 3.41. The number of hydrogen-bond donors (Lipinski definition) is 0. The van der Waals surface area contributed by atoms with Crippen LogP contribution in [0.4, 0.5) is 4.39 Å². The molecule has 1 atom stereocenters. The van der Waals surface area contributed by atoms with E-state index < -0.39 is 0 Å². The summed E-state index contributed by atoms with van der Waals surface area (Å²) < 4.78 is 24.7. The van der Waals surface area contributed by atoms with Gasteiger partial charge in [-0.2, -0.15) is 0 Å². The molecule has 106 valence electrons. The first-order valence-electron chi connectivity index (χ1n) is 6.75. The highest BCUT2D eigenvalue weighted by molar-refractivity contribution is 5.38. The van der Waals surface area contributed by atoms with Crippen molar-refractivity contribution in [1.82, 2.24) is 0 Å². The summed E-state index contributed by atoms with van der Waals surface area (Å²) >= 11 is 0. The van der Waals surface area contributed by atoms with Gasteiger partial charge in [0.25, 0.3) is 0 Å². The lowest BCUT2D eigenvalue weighted by Crippen LogP contribution is -1.95. The second kappa shape index (κ2) is 6.42. The van der Waals surface area contributed by atoms with Gasteiger partial charge in [-0.25, -0.2) is 4.39 Å². The highest BCUT2D eigenvalue weighted by atomic mass is 19.1. The van der Waals surface area contributed by atoms with E-state index in [4.69, 9.17) is 9.47 Å². The molecule has 0 bridgehead atoms. The Hall–Kier alpha value is -2.03. The molecule has 0 aliphatic heterocycles. The number of methoxy groups -OCH3 is 1.